The topological polar surface area (TPSA) is 29.3 Å². The molecule has 2 aromatic rings. The molecule has 4 rings (SSSR count). The summed E-state index contributed by atoms with van der Waals surface area (Å²) in [7, 11) is 0. The van der Waals surface area contributed by atoms with Crippen LogP contribution in [0.4, 0.5) is 11.4 Å². The Morgan fingerprint density at radius 1 is 0.933 bits per heavy atom. The number of para-hydroxylation sites is 1. The van der Waals surface area contributed by atoms with Gasteiger partial charge in [0.2, 0.25) is 0 Å². The van der Waals surface area contributed by atoms with E-state index in [1.807, 2.05) is 42.5 Å². The van der Waals surface area contributed by atoms with Crippen LogP contribution in [0.5, 0.6) is 0 Å². The minimum atomic E-state index is 0.766. The molecule has 0 aromatic heterocycles. The SMILES string of the molecule is C#C.Nc1ccc(C2=C=CC3=C(C=C2)N(c2ccccc2)C/C=C\C=C=CC3)cc1. The van der Waals surface area contributed by atoms with Crippen molar-refractivity contribution in [1.82, 2.24) is 0 Å². The lowest BCUT2D eigenvalue weighted by atomic mass is 10.1. The highest BCUT2D eigenvalue weighted by Gasteiger charge is 2.14. The Kier molecular flexibility index (Phi) is 7.15. The van der Waals surface area contributed by atoms with Crippen molar-refractivity contribution in [1.29, 1.82) is 0 Å². The number of anilines is 2. The van der Waals surface area contributed by atoms with Gasteiger partial charge >= 0.3 is 0 Å². The molecule has 2 N–H and O–H groups in total. The van der Waals surface area contributed by atoms with Crippen LogP contribution < -0.4 is 10.6 Å². The summed E-state index contributed by atoms with van der Waals surface area (Å²) < 4.78 is 0. The average Bonchev–Trinajstić information content (AvgIpc) is 3.01. The lowest BCUT2D eigenvalue weighted by molar-refractivity contribution is 1.01. The molecule has 2 nitrogen and oxygen atoms in total. The molecule has 0 saturated carbocycles. The molecular formula is C28H24N2. The molecule has 2 heteroatoms. The van der Waals surface area contributed by atoms with Gasteiger partial charge in [-0.2, -0.15) is 0 Å². The number of hydrogen-bond donors (Lipinski definition) is 1. The quantitative estimate of drug-likeness (QED) is 0.385. The Hall–Kier alpha value is -4.14. The van der Waals surface area contributed by atoms with Gasteiger partial charge in [0.05, 0.1) is 0 Å². The smallest absolute Gasteiger partial charge is 0.0456 e. The molecule has 30 heavy (non-hydrogen) atoms. The van der Waals surface area contributed by atoms with E-state index in [1.54, 1.807) is 0 Å². The van der Waals surface area contributed by atoms with Crippen molar-refractivity contribution in [2.24, 2.45) is 0 Å². The molecule has 0 radical (unpaired) electrons. The van der Waals surface area contributed by atoms with Crippen molar-refractivity contribution in [3.8, 4) is 12.8 Å². The fourth-order valence-electron chi connectivity index (χ4n) is 3.30. The van der Waals surface area contributed by atoms with Gasteiger partial charge in [0, 0.05) is 35.6 Å². The predicted octanol–water partition coefficient (Wildman–Crippen LogP) is 6.06. The van der Waals surface area contributed by atoms with Gasteiger partial charge in [-0.1, -0.05) is 42.5 Å². The molecule has 1 heterocycles. The minimum absolute atomic E-state index is 0.766. The van der Waals surface area contributed by atoms with Crippen molar-refractivity contribution < 1.29 is 0 Å². The van der Waals surface area contributed by atoms with Gasteiger partial charge in [0.25, 0.3) is 0 Å². The van der Waals surface area contributed by atoms with Crippen LogP contribution in [0.2, 0.25) is 0 Å². The first-order chi connectivity index (χ1) is 14.8. The van der Waals surface area contributed by atoms with E-state index in [2.05, 4.69) is 83.9 Å². The lowest BCUT2D eigenvalue weighted by Crippen LogP contribution is -2.23. The van der Waals surface area contributed by atoms with Crippen molar-refractivity contribution in [2.75, 3.05) is 17.2 Å². The second-order valence-corrected chi connectivity index (χ2v) is 6.68. The maximum atomic E-state index is 5.84. The van der Waals surface area contributed by atoms with Crippen LogP contribution in [0.25, 0.3) is 5.57 Å². The summed E-state index contributed by atoms with van der Waals surface area (Å²) >= 11 is 0. The zero-order valence-electron chi connectivity index (χ0n) is 16.8. The average molecular weight is 389 g/mol. The number of nitrogens with two attached hydrogens (primary N) is 1. The van der Waals surface area contributed by atoms with E-state index in [1.165, 1.54) is 17.0 Å². The molecule has 0 fully saturated rings. The van der Waals surface area contributed by atoms with Crippen LogP contribution in [-0.4, -0.2) is 6.54 Å². The Balaban J connectivity index is 0.00000124. The monoisotopic (exact) mass is 388 g/mol. The van der Waals surface area contributed by atoms with E-state index >= 15 is 0 Å². The Morgan fingerprint density at radius 3 is 2.47 bits per heavy atom. The van der Waals surface area contributed by atoms with E-state index in [9.17, 15) is 0 Å². The zero-order valence-corrected chi connectivity index (χ0v) is 16.8. The van der Waals surface area contributed by atoms with E-state index in [0.29, 0.717) is 0 Å². The number of hydrogen-bond acceptors (Lipinski definition) is 2. The largest absolute Gasteiger partial charge is 0.399 e. The first-order valence-electron chi connectivity index (χ1n) is 9.77. The summed E-state index contributed by atoms with van der Waals surface area (Å²) in [6.45, 7) is 0.788. The van der Waals surface area contributed by atoms with Gasteiger partial charge in [-0.25, -0.2) is 0 Å². The minimum Gasteiger partial charge on any atom is -0.399 e. The number of allylic oxidation sites excluding steroid dienone is 6. The van der Waals surface area contributed by atoms with E-state index in [4.69, 9.17) is 5.73 Å². The van der Waals surface area contributed by atoms with Gasteiger partial charge in [-0.15, -0.1) is 24.3 Å². The van der Waals surface area contributed by atoms with E-state index in [0.717, 1.165) is 29.8 Å². The molecule has 0 amide bonds. The maximum absolute atomic E-state index is 5.84. The molecule has 0 unspecified atom stereocenters. The molecule has 1 aliphatic carbocycles. The van der Waals surface area contributed by atoms with Gasteiger partial charge < -0.3 is 10.6 Å². The highest BCUT2D eigenvalue weighted by atomic mass is 15.1. The molecule has 2 aromatic carbocycles. The highest BCUT2D eigenvalue weighted by Crippen LogP contribution is 2.28. The standard InChI is InChI=1S/C26H22N2.C2H2/c27-24-17-14-22(15-18-24)21-12-13-23-9-5-2-1-3-8-20-28(26(23)19-16-21)25-10-6-4-7-11-25;1-2/h1,3-8,10-11,13-19H,9,20,27H2;1-2H/b8-3-;. The van der Waals surface area contributed by atoms with Crippen LogP contribution in [-0.2, 0) is 0 Å². The molecule has 0 spiro atoms. The van der Waals surface area contributed by atoms with Crippen molar-refractivity contribution in [3.63, 3.8) is 0 Å². The summed E-state index contributed by atoms with van der Waals surface area (Å²) in [6.07, 6.45) is 23.4. The summed E-state index contributed by atoms with van der Waals surface area (Å²) in [4.78, 5) is 2.33. The first kappa shape index (κ1) is 20.6. The zero-order chi connectivity index (χ0) is 21.2. The third-order valence-corrected chi connectivity index (χ3v) is 4.78. The van der Waals surface area contributed by atoms with E-state index in [-0.39, 0.29) is 0 Å². The number of benzene rings is 2. The summed E-state index contributed by atoms with van der Waals surface area (Å²) in [6, 6.07) is 18.4. The second kappa shape index (κ2) is 10.4. The summed E-state index contributed by atoms with van der Waals surface area (Å²) in [5.74, 6) is 0. The summed E-state index contributed by atoms with van der Waals surface area (Å²) in [5.41, 5.74) is 19.0. The van der Waals surface area contributed by atoms with Crippen molar-refractivity contribution >= 4 is 16.9 Å². The molecule has 1 aliphatic heterocycles. The first-order valence-corrected chi connectivity index (χ1v) is 9.77. The number of rotatable bonds is 2. The second-order valence-electron chi connectivity index (χ2n) is 6.68. The molecule has 2 aliphatic rings. The van der Waals surface area contributed by atoms with Gasteiger partial charge in [-0.05, 0) is 65.8 Å². The van der Waals surface area contributed by atoms with Crippen LogP contribution >= 0.6 is 0 Å². The Labute approximate surface area is 179 Å². The number of terminal acetylenes is 1. The third kappa shape index (κ3) is 5.02. The molecule has 146 valence electrons. The van der Waals surface area contributed by atoms with Crippen LogP contribution in [0.1, 0.15) is 12.0 Å². The summed E-state index contributed by atoms with van der Waals surface area (Å²) in [5, 5.41) is 0. The van der Waals surface area contributed by atoms with Gasteiger partial charge in [0.15, 0.2) is 0 Å². The molecule has 0 bridgehead atoms. The fourth-order valence-corrected chi connectivity index (χ4v) is 3.30. The van der Waals surface area contributed by atoms with Crippen LogP contribution in [0.15, 0.2) is 120 Å². The predicted molar refractivity (Wildman–Crippen MR) is 129 cm³/mol. The highest BCUT2D eigenvalue weighted by molar-refractivity contribution is 5.77. The van der Waals surface area contributed by atoms with Gasteiger partial charge in [0.1, 0.15) is 0 Å². The third-order valence-electron chi connectivity index (χ3n) is 4.78. The van der Waals surface area contributed by atoms with Crippen molar-refractivity contribution in [3.05, 3.63) is 125 Å². The molecule has 0 saturated heterocycles. The van der Waals surface area contributed by atoms with Gasteiger partial charge in [-0.3, -0.25) is 0 Å². The van der Waals surface area contributed by atoms with Crippen LogP contribution in [0, 0.1) is 12.8 Å². The molecule has 0 atom stereocenters. The Bertz CT molecular complexity index is 1110. The van der Waals surface area contributed by atoms with Crippen molar-refractivity contribution in [2.45, 2.75) is 6.42 Å². The van der Waals surface area contributed by atoms with Crippen LogP contribution in [0.3, 0.4) is 0 Å². The van der Waals surface area contributed by atoms with E-state index < -0.39 is 0 Å². The maximum Gasteiger partial charge on any atom is 0.0456 e. The molecular weight excluding hydrogens is 364 g/mol. The normalized spacial score (nSPS) is 16.1. The number of nitrogens with zero attached hydrogens (tertiary/aromatic N) is 1. The Morgan fingerprint density at radius 2 is 1.70 bits per heavy atom. The lowest BCUT2D eigenvalue weighted by Gasteiger charge is -2.26. The number of nitrogen functional groups attached to an aromatic ring is 1. The fraction of sp³-hybridized carbons (Fsp3) is 0.0714.